The SMILES string of the molecule is C[C@H](NC(=O)CN1C(=O)N[C@@](C)(c2ccc3ccccc3c2)C1=O)c1ccc(-n2cncn2)cc1. The molecule has 5 rings (SSSR count). The molecule has 1 saturated heterocycles. The summed E-state index contributed by atoms with van der Waals surface area (Å²) in [5.74, 6) is -0.887. The van der Waals surface area contributed by atoms with E-state index in [0.717, 1.165) is 26.9 Å². The van der Waals surface area contributed by atoms with E-state index >= 15 is 0 Å². The molecule has 1 fully saturated rings. The molecule has 3 aromatic carbocycles. The van der Waals surface area contributed by atoms with Gasteiger partial charge in [0.05, 0.1) is 11.7 Å². The van der Waals surface area contributed by atoms with Gasteiger partial charge >= 0.3 is 6.03 Å². The standard InChI is InChI=1S/C26H24N6O3/c1-17(18-8-11-22(12-9-18)32-16-27-15-28-32)29-23(33)14-31-24(34)26(2,30-25(31)35)21-10-7-19-5-3-4-6-20(19)13-21/h3-13,15-17H,14H2,1-2H3,(H,29,33)(H,30,35)/t17-,26-/m0/s1. The molecule has 0 spiro atoms. The fourth-order valence-corrected chi connectivity index (χ4v) is 4.31. The normalized spacial score (nSPS) is 18.5. The number of nitrogens with zero attached hydrogens (tertiary/aromatic N) is 4. The highest BCUT2D eigenvalue weighted by Crippen LogP contribution is 2.31. The fraction of sp³-hybridized carbons (Fsp3) is 0.192. The number of urea groups is 1. The molecule has 2 atom stereocenters. The third kappa shape index (κ3) is 4.12. The van der Waals surface area contributed by atoms with E-state index in [0.29, 0.717) is 5.56 Å². The van der Waals surface area contributed by atoms with Crippen LogP contribution < -0.4 is 10.6 Å². The first-order chi connectivity index (χ1) is 16.8. The van der Waals surface area contributed by atoms with Crippen molar-refractivity contribution in [2.45, 2.75) is 25.4 Å². The van der Waals surface area contributed by atoms with Crippen molar-refractivity contribution in [1.29, 1.82) is 0 Å². The highest BCUT2D eigenvalue weighted by Gasteiger charge is 2.49. The van der Waals surface area contributed by atoms with E-state index in [2.05, 4.69) is 20.7 Å². The van der Waals surface area contributed by atoms with Gasteiger partial charge in [-0.05, 0) is 53.9 Å². The summed E-state index contributed by atoms with van der Waals surface area (Å²) in [5, 5.41) is 11.7. The zero-order valence-electron chi connectivity index (χ0n) is 19.3. The van der Waals surface area contributed by atoms with Crippen molar-refractivity contribution in [3.8, 4) is 5.69 Å². The molecule has 0 bridgehead atoms. The molecule has 9 heteroatoms. The molecule has 1 aliphatic rings. The molecule has 35 heavy (non-hydrogen) atoms. The van der Waals surface area contributed by atoms with Crippen LogP contribution in [0.5, 0.6) is 0 Å². The number of hydrogen-bond acceptors (Lipinski definition) is 5. The number of rotatable bonds is 6. The lowest BCUT2D eigenvalue weighted by molar-refractivity contribution is -0.135. The van der Waals surface area contributed by atoms with E-state index in [9.17, 15) is 14.4 Å². The van der Waals surface area contributed by atoms with Gasteiger partial charge in [0.2, 0.25) is 5.91 Å². The quantitative estimate of drug-likeness (QED) is 0.423. The zero-order chi connectivity index (χ0) is 24.6. The molecule has 4 aromatic rings. The lowest BCUT2D eigenvalue weighted by Gasteiger charge is -2.23. The van der Waals surface area contributed by atoms with E-state index in [1.54, 1.807) is 17.9 Å². The van der Waals surface area contributed by atoms with Crippen LogP contribution in [0.15, 0.2) is 79.4 Å². The molecule has 176 valence electrons. The number of carbonyl (C=O) groups excluding carboxylic acids is 3. The van der Waals surface area contributed by atoms with Gasteiger partial charge in [0.25, 0.3) is 5.91 Å². The largest absolute Gasteiger partial charge is 0.348 e. The maximum atomic E-state index is 13.3. The van der Waals surface area contributed by atoms with Gasteiger partial charge in [0, 0.05) is 0 Å². The van der Waals surface area contributed by atoms with Crippen LogP contribution in [0.2, 0.25) is 0 Å². The van der Waals surface area contributed by atoms with Crippen molar-refractivity contribution >= 4 is 28.6 Å². The van der Waals surface area contributed by atoms with Crippen LogP contribution in [0, 0.1) is 0 Å². The summed E-state index contributed by atoms with van der Waals surface area (Å²) >= 11 is 0. The van der Waals surface area contributed by atoms with Gasteiger partial charge < -0.3 is 10.6 Å². The highest BCUT2D eigenvalue weighted by molar-refractivity contribution is 6.09. The van der Waals surface area contributed by atoms with Crippen molar-refractivity contribution in [3.63, 3.8) is 0 Å². The second-order valence-corrected chi connectivity index (χ2v) is 8.73. The Labute approximate surface area is 201 Å². The molecule has 0 unspecified atom stereocenters. The summed E-state index contributed by atoms with van der Waals surface area (Å²) in [6.45, 7) is 3.14. The second kappa shape index (κ2) is 8.68. The highest BCUT2D eigenvalue weighted by atomic mass is 16.2. The Morgan fingerprint density at radius 2 is 1.80 bits per heavy atom. The molecule has 0 saturated carbocycles. The van der Waals surface area contributed by atoms with Crippen LogP contribution in [-0.2, 0) is 15.1 Å². The topological polar surface area (TPSA) is 109 Å². The van der Waals surface area contributed by atoms with Crippen molar-refractivity contribution < 1.29 is 14.4 Å². The van der Waals surface area contributed by atoms with E-state index in [1.165, 1.54) is 6.33 Å². The van der Waals surface area contributed by atoms with Gasteiger partial charge in [-0.2, -0.15) is 5.10 Å². The number of nitrogens with one attached hydrogen (secondary N) is 2. The summed E-state index contributed by atoms with van der Waals surface area (Å²) in [4.78, 5) is 43.6. The van der Waals surface area contributed by atoms with Crippen molar-refractivity contribution in [2.24, 2.45) is 0 Å². The average Bonchev–Trinajstić information content (AvgIpc) is 3.48. The monoisotopic (exact) mass is 468 g/mol. The smallest absolute Gasteiger partial charge is 0.325 e. The predicted molar refractivity (Wildman–Crippen MR) is 129 cm³/mol. The van der Waals surface area contributed by atoms with Gasteiger partial charge in [-0.25, -0.2) is 14.5 Å². The maximum absolute atomic E-state index is 13.3. The number of aromatic nitrogens is 3. The van der Waals surface area contributed by atoms with Crippen LogP contribution in [-0.4, -0.2) is 44.1 Å². The van der Waals surface area contributed by atoms with Crippen LogP contribution in [0.4, 0.5) is 4.79 Å². The molecule has 0 radical (unpaired) electrons. The third-order valence-corrected chi connectivity index (χ3v) is 6.36. The molecule has 4 amide bonds. The van der Waals surface area contributed by atoms with Gasteiger partial charge in [-0.3, -0.25) is 14.5 Å². The summed E-state index contributed by atoms with van der Waals surface area (Å²) in [6.07, 6.45) is 3.06. The molecule has 9 nitrogen and oxygen atoms in total. The first-order valence-corrected chi connectivity index (χ1v) is 11.2. The lowest BCUT2D eigenvalue weighted by Crippen LogP contribution is -2.43. The van der Waals surface area contributed by atoms with Gasteiger partial charge in [0.15, 0.2) is 0 Å². The van der Waals surface area contributed by atoms with E-state index < -0.39 is 23.4 Å². The van der Waals surface area contributed by atoms with Crippen molar-refractivity contribution in [2.75, 3.05) is 6.54 Å². The fourth-order valence-electron chi connectivity index (χ4n) is 4.31. The van der Waals surface area contributed by atoms with Gasteiger partial charge in [0.1, 0.15) is 24.7 Å². The number of imide groups is 1. The summed E-state index contributed by atoms with van der Waals surface area (Å²) in [6, 6.07) is 20.0. The van der Waals surface area contributed by atoms with Gasteiger partial charge in [-0.1, -0.05) is 48.5 Å². The van der Waals surface area contributed by atoms with E-state index in [1.807, 2.05) is 73.7 Å². The Morgan fingerprint density at radius 1 is 1.06 bits per heavy atom. The molecule has 0 aliphatic carbocycles. The Hall–Kier alpha value is -4.53. The number of hydrogen-bond donors (Lipinski definition) is 2. The lowest BCUT2D eigenvalue weighted by atomic mass is 9.90. The van der Waals surface area contributed by atoms with Crippen LogP contribution in [0.25, 0.3) is 16.5 Å². The Bertz CT molecular complexity index is 1420. The van der Waals surface area contributed by atoms with E-state index in [4.69, 9.17) is 0 Å². The first-order valence-electron chi connectivity index (χ1n) is 11.2. The van der Waals surface area contributed by atoms with Crippen LogP contribution >= 0.6 is 0 Å². The zero-order valence-corrected chi connectivity index (χ0v) is 19.3. The van der Waals surface area contributed by atoms with Crippen molar-refractivity contribution in [1.82, 2.24) is 30.3 Å². The van der Waals surface area contributed by atoms with Crippen LogP contribution in [0.3, 0.4) is 0 Å². The average molecular weight is 469 g/mol. The van der Waals surface area contributed by atoms with Crippen molar-refractivity contribution in [3.05, 3.63) is 90.5 Å². The third-order valence-electron chi connectivity index (χ3n) is 6.36. The summed E-state index contributed by atoms with van der Waals surface area (Å²) in [7, 11) is 0. The van der Waals surface area contributed by atoms with Gasteiger partial charge in [-0.15, -0.1) is 0 Å². The molecular weight excluding hydrogens is 444 g/mol. The Balaban J connectivity index is 1.26. The minimum Gasteiger partial charge on any atom is -0.348 e. The number of fused-ring (bicyclic) bond motifs is 1. The summed E-state index contributed by atoms with van der Waals surface area (Å²) < 4.78 is 1.64. The molecule has 1 aliphatic heterocycles. The van der Waals surface area contributed by atoms with E-state index in [-0.39, 0.29) is 12.6 Å². The van der Waals surface area contributed by atoms with Crippen LogP contribution in [0.1, 0.15) is 31.0 Å². The maximum Gasteiger partial charge on any atom is 0.325 e. The Kier molecular flexibility index (Phi) is 5.52. The molecule has 1 aromatic heterocycles. The predicted octanol–water partition coefficient (Wildman–Crippen LogP) is 3.06. The second-order valence-electron chi connectivity index (χ2n) is 8.73. The molecular formula is C26H24N6O3. The summed E-state index contributed by atoms with van der Waals surface area (Å²) in [5.41, 5.74) is 1.14. The minimum absolute atomic E-state index is 0.320. The first kappa shape index (κ1) is 22.3. The Morgan fingerprint density at radius 3 is 2.51 bits per heavy atom. The number of benzene rings is 3. The number of amides is 4. The minimum atomic E-state index is -1.25. The number of carbonyl (C=O) groups is 3. The molecule has 2 N–H and O–H groups in total. The molecule has 2 heterocycles.